The van der Waals surface area contributed by atoms with E-state index < -0.39 is 18.6 Å². The van der Waals surface area contributed by atoms with Crippen LogP contribution in [0.25, 0.3) is 0 Å². The van der Waals surface area contributed by atoms with Crippen LogP contribution in [-0.2, 0) is 14.2 Å². The molecule has 0 unspecified atom stereocenters. The molecule has 0 aromatic heterocycles. The molecule has 3 nitrogen and oxygen atoms in total. The van der Waals surface area contributed by atoms with Crippen LogP contribution < -0.4 is 0 Å². The monoisotopic (exact) mass is 328 g/mol. The number of unbranched alkanes of at least 4 members (excludes halogenated alkanes) is 5. The highest BCUT2D eigenvalue weighted by Gasteiger charge is 2.31. The fraction of sp³-hybridized carbons (Fsp3) is 1.00. The van der Waals surface area contributed by atoms with Crippen LogP contribution in [0.5, 0.6) is 0 Å². The molecule has 0 saturated heterocycles. The van der Waals surface area contributed by atoms with E-state index in [4.69, 9.17) is 14.2 Å². The predicted molar refractivity (Wildman–Crippen MR) is 80.6 cm³/mol. The molecule has 0 aliphatic carbocycles. The van der Waals surface area contributed by atoms with Gasteiger partial charge >= 0.3 is 6.18 Å². The topological polar surface area (TPSA) is 27.7 Å². The highest BCUT2D eigenvalue weighted by Crippen LogP contribution is 2.25. The van der Waals surface area contributed by atoms with Crippen LogP contribution in [0.4, 0.5) is 13.2 Å². The molecule has 0 aliphatic rings. The van der Waals surface area contributed by atoms with Crippen molar-refractivity contribution in [2.24, 2.45) is 0 Å². The smallest absolute Gasteiger partial charge is 0.328 e. The number of ether oxygens (including phenoxy) is 3. The quantitative estimate of drug-likeness (QED) is 0.314. The Kier molecular flexibility index (Phi) is 12.0. The van der Waals surface area contributed by atoms with Gasteiger partial charge in [0.15, 0.2) is 0 Å². The maximum Gasteiger partial charge on any atom is 0.389 e. The third kappa shape index (κ3) is 11.3. The van der Waals surface area contributed by atoms with E-state index in [2.05, 4.69) is 0 Å². The van der Waals surface area contributed by atoms with Gasteiger partial charge in [-0.05, 0) is 33.6 Å². The van der Waals surface area contributed by atoms with Crippen LogP contribution >= 0.6 is 0 Å². The Labute approximate surface area is 132 Å². The molecule has 0 aromatic rings. The average Bonchev–Trinajstić information content (AvgIpc) is 2.41. The van der Waals surface area contributed by atoms with Crippen molar-refractivity contribution in [3.63, 3.8) is 0 Å². The summed E-state index contributed by atoms with van der Waals surface area (Å²) in [4.78, 5) is 0. The molecule has 0 spiro atoms. The molecule has 0 rings (SSSR count). The summed E-state index contributed by atoms with van der Waals surface area (Å²) in [6, 6.07) is 0. The second-order valence-corrected chi connectivity index (χ2v) is 5.22. The van der Waals surface area contributed by atoms with E-state index in [0.717, 1.165) is 25.7 Å². The SMILES string of the molecule is CCOC(CCCCCCCCC(F)(F)F)(OCC)OCC. The van der Waals surface area contributed by atoms with Crippen molar-refractivity contribution in [3.8, 4) is 0 Å². The number of rotatable bonds is 14. The Morgan fingerprint density at radius 3 is 1.32 bits per heavy atom. The third-order valence-corrected chi connectivity index (χ3v) is 3.29. The first-order valence-electron chi connectivity index (χ1n) is 8.37. The van der Waals surface area contributed by atoms with Gasteiger partial charge in [-0.3, -0.25) is 0 Å². The molecular weight excluding hydrogens is 297 g/mol. The standard InChI is InChI=1S/C16H31F3O3/c1-4-20-16(21-5-2,22-6-3)14-12-10-8-7-9-11-13-15(17,18)19/h4-14H2,1-3H3. The molecular formula is C16H31F3O3. The van der Waals surface area contributed by atoms with Gasteiger partial charge in [0.25, 0.3) is 5.97 Å². The largest absolute Gasteiger partial charge is 0.389 e. The summed E-state index contributed by atoms with van der Waals surface area (Å²) in [6.45, 7) is 7.22. The summed E-state index contributed by atoms with van der Waals surface area (Å²) in [7, 11) is 0. The highest BCUT2D eigenvalue weighted by atomic mass is 19.4. The second-order valence-electron chi connectivity index (χ2n) is 5.22. The van der Waals surface area contributed by atoms with Gasteiger partial charge in [0.05, 0.1) is 0 Å². The summed E-state index contributed by atoms with van der Waals surface area (Å²) in [5, 5.41) is 0. The first kappa shape index (κ1) is 21.7. The molecule has 0 N–H and O–H groups in total. The van der Waals surface area contributed by atoms with E-state index in [1.54, 1.807) is 0 Å². The Hall–Kier alpha value is -0.330. The molecule has 0 bridgehead atoms. The summed E-state index contributed by atoms with van der Waals surface area (Å²) >= 11 is 0. The lowest BCUT2D eigenvalue weighted by Gasteiger charge is -2.32. The summed E-state index contributed by atoms with van der Waals surface area (Å²) in [5.74, 6) is -0.964. The summed E-state index contributed by atoms with van der Waals surface area (Å²) in [6.07, 6.45) is 0.392. The van der Waals surface area contributed by atoms with Crippen molar-refractivity contribution in [3.05, 3.63) is 0 Å². The van der Waals surface area contributed by atoms with Crippen LogP contribution in [0.2, 0.25) is 0 Å². The van der Waals surface area contributed by atoms with Crippen LogP contribution in [-0.4, -0.2) is 32.0 Å². The van der Waals surface area contributed by atoms with Gasteiger partial charge in [0, 0.05) is 32.7 Å². The minimum Gasteiger partial charge on any atom is -0.328 e. The van der Waals surface area contributed by atoms with E-state index in [-0.39, 0.29) is 6.42 Å². The maximum atomic E-state index is 12.0. The second kappa shape index (κ2) is 12.1. The van der Waals surface area contributed by atoms with E-state index >= 15 is 0 Å². The Morgan fingerprint density at radius 1 is 0.591 bits per heavy atom. The van der Waals surface area contributed by atoms with Gasteiger partial charge in [-0.15, -0.1) is 0 Å². The normalized spacial score (nSPS) is 12.8. The average molecular weight is 328 g/mol. The van der Waals surface area contributed by atoms with E-state index in [9.17, 15) is 13.2 Å². The lowest BCUT2D eigenvalue weighted by molar-refractivity contribution is -0.380. The van der Waals surface area contributed by atoms with E-state index in [0.29, 0.717) is 32.7 Å². The molecule has 134 valence electrons. The van der Waals surface area contributed by atoms with Crippen molar-refractivity contribution in [1.82, 2.24) is 0 Å². The fourth-order valence-electron chi connectivity index (χ4n) is 2.38. The molecule has 22 heavy (non-hydrogen) atoms. The third-order valence-electron chi connectivity index (χ3n) is 3.29. The molecule has 0 amide bonds. The zero-order valence-corrected chi connectivity index (χ0v) is 14.1. The lowest BCUT2D eigenvalue weighted by Crippen LogP contribution is -2.39. The molecule has 0 atom stereocenters. The van der Waals surface area contributed by atoms with Crippen molar-refractivity contribution in [2.75, 3.05) is 19.8 Å². The number of hydrogen-bond donors (Lipinski definition) is 0. The van der Waals surface area contributed by atoms with Gasteiger partial charge in [-0.1, -0.05) is 25.7 Å². The van der Waals surface area contributed by atoms with Crippen molar-refractivity contribution >= 4 is 0 Å². The van der Waals surface area contributed by atoms with Crippen molar-refractivity contribution in [1.29, 1.82) is 0 Å². The fourth-order valence-corrected chi connectivity index (χ4v) is 2.38. The van der Waals surface area contributed by atoms with Crippen LogP contribution in [0.3, 0.4) is 0 Å². The molecule has 6 heteroatoms. The molecule has 0 aliphatic heterocycles. The van der Waals surface area contributed by atoms with Gasteiger partial charge < -0.3 is 14.2 Å². The Morgan fingerprint density at radius 2 is 0.955 bits per heavy atom. The highest BCUT2D eigenvalue weighted by molar-refractivity contribution is 4.59. The molecule has 0 saturated carbocycles. The van der Waals surface area contributed by atoms with Crippen molar-refractivity contribution in [2.45, 2.75) is 84.3 Å². The van der Waals surface area contributed by atoms with Gasteiger partial charge in [-0.2, -0.15) is 13.2 Å². The van der Waals surface area contributed by atoms with Crippen LogP contribution in [0.15, 0.2) is 0 Å². The molecule has 0 heterocycles. The van der Waals surface area contributed by atoms with Gasteiger partial charge in [0.2, 0.25) is 0 Å². The van der Waals surface area contributed by atoms with Crippen molar-refractivity contribution < 1.29 is 27.4 Å². The van der Waals surface area contributed by atoms with E-state index in [1.807, 2.05) is 20.8 Å². The van der Waals surface area contributed by atoms with Gasteiger partial charge in [0.1, 0.15) is 0 Å². The summed E-state index contributed by atoms with van der Waals surface area (Å²) in [5.41, 5.74) is 0. The minimum absolute atomic E-state index is 0.226. The molecule has 0 aromatic carbocycles. The van der Waals surface area contributed by atoms with Gasteiger partial charge in [-0.25, -0.2) is 0 Å². The van der Waals surface area contributed by atoms with Crippen LogP contribution in [0.1, 0.15) is 72.1 Å². The van der Waals surface area contributed by atoms with E-state index in [1.165, 1.54) is 0 Å². The number of alkyl halides is 3. The molecule has 0 radical (unpaired) electrons. The Balaban J connectivity index is 3.84. The predicted octanol–water partition coefficient (Wildman–Crippen LogP) is 5.43. The lowest BCUT2D eigenvalue weighted by atomic mass is 10.1. The van der Waals surface area contributed by atoms with Crippen LogP contribution in [0, 0.1) is 0 Å². The zero-order valence-electron chi connectivity index (χ0n) is 14.1. The first-order valence-corrected chi connectivity index (χ1v) is 8.37. The zero-order chi connectivity index (χ0) is 16.9. The Bertz CT molecular complexity index is 240. The summed E-state index contributed by atoms with van der Waals surface area (Å²) < 4.78 is 52.8. The number of halogens is 3. The maximum absolute atomic E-state index is 12.0. The first-order chi connectivity index (χ1) is 10.4. The number of hydrogen-bond acceptors (Lipinski definition) is 3. The minimum atomic E-state index is -4.02. The molecule has 0 fully saturated rings.